The van der Waals surface area contributed by atoms with E-state index >= 15 is 0 Å². The molecule has 0 atom stereocenters. The fourth-order valence-electron chi connectivity index (χ4n) is 3.50. The van der Waals surface area contributed by atoms with Gasteiger partial charge in [0, 0.05) is 43.9 Å². The van der Waals surface area contributed by atoms with Crippen LogP contribution in [0.4, 0.5) is 5.69 Å². The number of carbonyl (C=O) groups is 1. The Morgan fingerprint density at radius 2 is 2.07 bits per heavy atom. The molecule has 2 aromatic heterocycles. The molecule has 1 N–H and O–H groups in total. The van der Waals surface area contributed by atoms with Gasteiger partial charge >= 0.3 is 0 Å². The van der Waals surface area contributed by atoms with Gasteiger partial charge in [0.15, 0.2) is 0 Å². The number of nitrogens with zero attached hydrogens (tertiary/aromatic N) is 4. The van der Waals surface area contributed by atoms with Crippen molar-refractivity contribution in [2.75, 3.05) is 11.9 Å². The van der Waals surface area contributed by atoms with Crippen molar-refractivity contribution in [3.05, 3.63) is 77.6 Å². The van der Waals surface area contributed by atoms with Gasteiger partial charge in [-0.15, -0.1) is 0 Å². The van der Waals surface area contributed by atoms with Crippen LogP contribution in [0.5, 0.6) is 0 Å². The summed E-state index contributed by atoms with van der Waals surface area (Å²) in [6.45, 7) is 5.78. The van der Waals surface area contributed by atoms with Crippen LogP contribution in [-0.2, 0) is 26.1 Å². The quantitative estimate of drug-likeness (QED) is 0.758. The molecule has 1 aliphatic rings. The summed E-state index contributed by atoms with van der Waals surface area (Å²) in [6, 6.07) is 11.5. The number of carbonyl (C=O) groups excluding carboxylic acids is 1. The SMILES string of the molecule is CCn1ccnc1CN1CCc2ccc(NC(=O)c3ccccn3)cc2C1. The molecule has 27 heavy (non-hydrogen) atoms. The zero-order chi connectivity index (χ0) is 18.6. The van der Waals surface area contributed by atoms with E-state index in [9.17, 15) is 4.79 Å². The molecule has 6 nitrogen and oxygen atoms in total. The van der Waals surface area contributed by atoms with E-state index in [0.29, 0.717) is 5.69 Å². The van der Waals surface area contributed by atoms with Crippen molar-refractivity contribution < 1.29 is 4.79 Å². The van der Waals surface area contributed by atoms with Crippen molar-refractivity contribution in [2.24, 2.45) is 0 Å². The van der Waals surface area contributed by atoms with E-state index in [1.807, 2.05) is 24.5 Å². The van der Waals surface area contributed by atoms with Crippen LogP contribution in [-0.4, -0.2) is 31.9 Å². The predicted molar refractivity (Wildman–Crippen MR) is 104 cm³/mol. The van der Waals surface area contributed by atoms with Crippen LogP contribution in [0, 0.1) is 0 Å². The first kappa shape index (κ1) is 17.4. The van der Waals surface area contributed by atoms with Gasteiger partial charge in [0.05, 0.1) is 6.54 Å². The van der Waals surface area contributed by atoms with Crippen molar-refractivity contribution in [2.45, 2.75) is 33.0 Å². The number of rotatable bonds is 5. The number of amides is 1. The highest BCUT2D eigenvalue weighted by atomic mass is 16.1. The van der Waals surface area contributed by atoms with E-state index in [4.69, 9.17) is 0 Å². The number of hydrogen-bond acceptors (Lipinski definition) is 4. The molecule has 4 rings (SSSR count). The van der Waals surface area contributed by atoms with Gasteiger partial charge in [-0.3, -0.25) is 14.7 Å². The van der Waals surface area contributed by atoms with Gasteiger partial charge in [-0.2, -0.15) is 0 Å². The summed E-state index contributed by atoms with van der Waals surface area (Å²) in [5.74, 6) is 0.911. The molecule has 3 heterocycles. The Morgan fingerprint density at radius 3 is 2.89 bits per heavy atom. The molecule has 0 aliphatic carbocycles. The van der Waals surface area contributed by atoms with Crippen molar-refractivity contribution in [1.29, 1.82) is 0 Å². The zero-order valence-electron chi connectivity index (χ0n) is 15.4. The fourth-order valence-corrected chi connectivity index (χ4v) is 3.50. The van der Waals surface area contributed by atoms with E-state index in [-0.39, 0.29) is 5.91 Å². The molecular weight excluding hydrogens is 338 g/mol. The molecule has 0 saturated heterocycles. The molecule has 0 bridgehead atoms. The standard InChI is InChI=1S/C21H23N5O/c1-2-26-12-10-23-20(26)15-25-11-8-16-6-7-18(13-17(16)14-25)24-21(27)19-5-3-4-9-22-19/h3-7,9-10,12-13H,2,8,11,14-15H2,1H3,(H,24,27). The van der Waals surface area contributed by atoms with Crippen LogP contribution in [0.1, 0.15) is 34.4 Å². The minimum atomic E-state index is -0.187. The van der Waals surface area contributed by atoms with Gasteiger partial charge in [-0.25, -0.2) is 4.98 Å². The van der Waals surface area contributed by atoms with Gasteiger partial charge in [0.25, 0.3) is 5.91 Å². The summed E-state index contributed by atoms with van der Waals surface area (Å²) >= 11 is 0. The van der Waals surface area contributed by atoms with Gasteiger partial charge < -0.3 is 9.88 Å². The van der Waals surface area contributed by atoms with Crippen LogP contribution in [0.3, 0.4) is 0 Å². The molecule has 6 heteroatoms. The minimum Gasteiger partial charge on any atom is -0.334 e. The van der Waals surface area contributed by atoms with Crippen molar-refractivity contribution in [3.63, 3.8) is 0 Å². The molecule has 0 radical (unpaired) electrons. The third-order valence-corrected chi connectivity index (χ3v) is 4.96. The molecule has 1 aromatic carbocycles. The maximum Gasteiger partial charge on any atom is 0.274 e. The van der Waals surface area contributed by atoms with E-state index < -0.39 is 0 Å². The van der Waals surface area contributed by atoms with E-state index in [0.717, 1.165) is 44.1 Å². The largest absolute Gasteiger partial charge is 0.334 e. The van der Waals surface area contributed by atoms with Crippen LogP contribution in [0.2, 0.25) is 0 Å². The highest BCUT2D eigenvalue weighted by Crippen LogP contribution is 2.24. The van der Waals surface area contributed by atoms with Gasteiger partial charge in [0.2, 0.25) is 0 Å². The number of benzene rings is 1. The maximum absolute atomic E-state index is 12.3. The fraction of sp³-hybridized carbons (Fsp3) is 0.286. The average molecular weight is 361 g/mol. The number of imidazole rings is 1. The Bertz CT molecular complexity index is 935. The predicted octanol–water partition coefficient (Wildman–Crippen LogP) is 3.11. The molecule has 138 valence electrons. The lowest BCUT2D eigenvalue weighted by Gasteiger charge is -2.29. The molecule has 0 unspecified atom stereocenters. The van der Waals surface area contributed by atoms with E-state index in [2.05, 4.69) is 43.8 Å². The summed E-state index contributed by atoms with van der Waals surface area (Å²) in [6.07, 6.45) is 6.52. The highest BCUT2D eigenvalue weighted by Gasteiger charge is 2.19. The first-order valence-corrected chi connectivity index (χ1v) is 9.29. The first-order valence-electron chi connectivity index (χ1n) is 9.29. The van der Waals surface area contributed by atoms with Gasteiger partial charge in [0.1, 0.15) is 11.5 Å². The zero-order valence-corrected chi connectivity index (χ0v) is 15.4. The summed E-state index contributed by atoms with van der Waals surface area (Å²) in [5, 5.41) is 2.95. The second kappa shape index (κ2) is 7.72. The lowest BCUT2D eigenvalue weighted by molar-refractivity contribution is 0.102. The Labute approximate surface area is 158 Å². The van der Waals surface area contributed by atoms with Crippen molar-refractivity contribution in [1.82, 2.24) is 19.4 Å². The second-order valence-electron chi connectivity index (χ2n) is 6.74. The number of anilines is 1. The van der Waals surface area contributed by atoms with Crippen molar-refractivity contribution in [3.8, 4) is 0 Å². The topological polar surface area (TPSA) is 63.1 Å². The lowest BCUT2D eigenvalue weighted by Crippen LogP contribution is -2.31. The monoisotopic (exact) mass is 361 g/mol. The van der Waals surface area contributed by atoms with Crippen LogP contribution >= 0.6 is 0 Å². The molecule has 1 aliphatic heterocycles. The first-order chi connectivity index (χ1) is 13.2. The van der Waals surface area contributed by atoms with Crippen LogP contribution in [0.25, 0.3) is 0 Å². The summed E-state index contributed by atoms with van der Waals surface area (Å²) in [5.41, 5.74) is 3.83. The number of aryl methyl sites for hydroxylation is 1. The van der Waals surface area contributed by atoms with Gasteiger partial charge in [-0.1, -0.05) is 12.1 Å². The van der Waals surface area contributed by atoms with E-state index in [1.54, 1.807) is 18.3 Å². The molecule has 1 amide bonds. The summed E-state index contributed by atoms with van der Waals surface area (Å²) in [4.78, 5) is 23.3. The third kappa shape index (κ3) is 3.90. The molecule has 3 aromatic rings. The van der Waals surface area contributed by atoms with Crippen LogP contribution < -0.4 is 5.32 Å². The normalized spacial score (nSPS) is 14.0. The summed E-state index contributed by atoms with van der Waals surface area (Å²) in [7, 11) is 0. The molecule has 0 saturated carbocycles. The smallest absolute Gasteiger partial charge is 0.274 e. The highest BCUT2D eigenvalue weighted by molar-refractivity contribution is 6.02. The molecular formula is C21H23N5O. The Hall–Kier alpha value is -2.99. The van der Waals surface area contributed by atoms with E-state index in [1.165, 1.54) is 11.1 Å². The number of hydrogen-bond donors (Lipinski definition) is 1. The maximum atomic E-state index is 12.3. The number of fused-ring (bicyclic) bond motifs is 1. The minimum absolute atomic E-state index is 0.187. The number of nitrogens with one attached hydrogen (secondary N) is 1. The molecule has 0 fully saturated rings. The lowest BCUT2D eigenvalue weighted by atomic mass is 9.99. The molecule has 0 spiro atoms. The Balaban J connectivity index is 1.46. The second-order valence-corrected chi connectivity index (χ2v) is 6.74. The van der Waals surface area contributed by atoms with Gasteiger partial charge in [-0.05, 0) is 48.7 Å². The average Bonchev–Trinajstić information content (AvgIpc) is 3.15. The van der Waals surface area contributed by atoms with Crippen LogP contribution in [0.15, 0.2) is 55.0 Å². The number of pyridine rings is 1. The third-order valence-electron chi connectivity index (χ3n) is 4.96. The number of aromatic nitrogens is 3. The Morgan fingerprint density at radius 1 is 1.15 bits per heavy atom. The van der Waals surface area contributed by atoms with Crippen molar-refractivity contribution >= 4 is 11.6 Å². The Kier molecular flexibility index (Phi) is 4.98. The summed E-state index contributed by atoms with van der Waals surface area (Å²) < 4.78 is 2.18.